The molecule has 102 valence electrons. The second-order valence-electron chi connectivity index (χ2n) is 4.01. The highest BCUT2D eigenvalue weighted by atomic mass is 32.2. The van der Waals surface area contributed by atoms with Crippen molar-refractivity contribution in [2.24, 2.45) is 0 Å². The van der Waals surface area contributed by atoms with E-state index in [4.69, 9.17) is 10.4 Å². The number of carbonyl (C=O) groups is 1. The number of nitrogens with one attached hydrogen (secondary N) is 1. The van der Waals surface area contributed by atoms with E-state index in [0.717, 1.165) is 0 Å². The van der Waals surface area contributed by atoms with Crippen molar-refractivity contribution < 1.29 is 18.3 Å². The number of carboxylic acids is 1. The molecule has 0 aliphatic carbocycles. The molecule has 0 fully saturated rings. The number of aryl methyl sites for hydroxylation is 1. The predicted molar refractivity (Wildman–Crippen MR) is 70.4 cm³/mol. The summed E-state index contributed by atoms with van der Waals surface area (Å²) in [7, 11) is -3.78. The normalized spacial score (nSPS) is 12.5. The van der Waals surface area contributed by atoms with E-state index in [1.165, 1.54) is 18.2 Å². The maximum Gasteiger partial charge on any atom is 0.335 e. The SMILES string of the molecule is CCC(C#N)S(=O)(=O)Nc1ccc(C(=O)O)c(C)c1. The standard InChI is InChI=1S/C12H14N2O4S/c1-3-10(7-13)19(17,18)14-9-4-5-11(12(15)16)8(2)6-9/h4-6,10,14H,3H2,1-2H3,(H,15,16). The number of nitriles is 1. The number of hydrogen-bond donors (Lipinski definition) is 2. The Bertz CT molecular complexity index is 632. The molecule has 0 amide bonds. The molecule has 0 spiro atoms. The van der Waals surface area contributed by atoms with E-state index in [0.29, 0.717) is 5.56 Å². The average Bonchev–Trinajstić information content (AvgIpc) is 2.28. The summed E-state index contributed by atoms with van der Waals surface area (Å²) in [5.74, 6) is -1.07. The third-order valence-corrected chi connectivity index (χ3v) is 4.31. The lowest BCUT2D eigenvalue weighted by Crippen LogP contribution is -2.26. The van der Waals surface area contributed by atoms with Gasteiger partial charge >= 0.3 is 5.97 Å². The Kier molecular flexibility index (Phi) is 4.51. The summed E-state index contributed by atoms with van der Waals surface area (Å²) in [6.07, 6.45) is 0.179. The molecule has 1 unspecified atom stereocenters. The summed E-state index contributed by atoms with van der Waals surface area (Å²) in [6.45, 7) is 3.18. The van der Waals surface area contributed by atoms with Crippen molar-refractivity contribution >= 4 is 21.7 Å². The van der Waals surface area contributed by atoms with Gasteiger partial charge in [-0.25, -0.2) is 13.2 Å². The van der Waals surface area contributed by atoms with Gasteiger partial charge in [-0.3, -0.25) is 4.72 Å². The third-order valence-electron chi connectivity index (χ3n) is 2.61. The Morgan fingerprint density at radius 3 is 2.58 bits per heavy atom. The van der Waals surface area contributed by atoms with E-state index >= 15 is 0 Å². The van der Waals surface area contributed by atoms with E-state index < -0.39 is 21.2 Å². The number of sulfonamides is 1. The molecule has 0 saturated heterocycles. The Labute approximate surface area is 111 Å². The second kappa shape index (κ2) is 5.71. The van der Waals surface area contributed by atoms with Gasteiger partial charge in [-0.15, -0.1) is 0 Å². The van der Waals surface area contributed by atoms with Crippen LogP contribution < -0.4 is 4.72 Å². The highest BCUT2D eigenvalue weighted by Crippen LogP contribution is 2.18. The third kappa shape index (κ3) is 3.45. The van der Waals surface area contributed by atoms with E-state index in [9.17, 15) is 13.2 Å². The van der Waals surface area contributed by atoms with E-state index in [-0.39, 0.29) is 17.7 Å². The van der Waals surface area contributed by atoms with Gasteiger partial charge in [0.1, 0.15) is 0 Å². The minimum absolute atomic E-state index is 0.107. The van der Waals surface area contributed by atoms with Crippen LogP contribution in [0.5, 0.6) is 0 Å². The van der Waals surface area contributed by atoms with Gasteiger partial charge in [-0.2, -0.15) is 5.26 Å². The molecule has 2 N–H and O–H groups in total. The number of aromatic carboxylic acids is 1. The van der Waals surface area contributed by atoms with Gasteiger partial charge in [-0.1, -0.05) is 6.92 Å². The van der Waals surface area contributed by atoms with Gasteiger partial charge in [0, 0.05) is 5.69 Å². The van der Waals surface area contributed by atoms with Gasteiger partial charge in [0.15, 0.2) is 5.25 Å². The summed E-state index contributed by atoms with van der Waals surface area (Å²) in [4.78, 5) is 10.8. The monoisotopic (exact) mass is 282 g/mol. The van der Waals surface area contributed by atoms with Crippen LogP contribution in [0.15, 0.2) is 18.2 Å². The molecule has 0 radical (unpaired) electrons. The van der Waals surface area contributed by atoms with Crippen molar-refractivity contribution in [2.45, 2.75) is 25.5 Å². The van der Waals surface area contributed by atoms with Crippen molar-refractivity contribution in [2.75, 3.05) is 4.72 Å². The molecule has 1 aromatic carbocycles. The smallest absolute Gasteiger partial charge is 0.335 e. The van der Waals surface area contributed by atoms with Crippen molar-refractivity contribution in [1.82, 2.24) is 0 Å². The fraction of sp³-hybridized carbons (Fsp3) is 0.333. The number of rotatable bonds is 5. The maximum atomic E-state index is 11.8. The van der Waals surface area contributed by atoms with Crippen LogP contribution in [0.4, 0.5) is 5.69 Å². The summed E-state index contributed by atoms with van der Waals surface area (Å²) >= 11 is 0. The van der Waals surface area contributed by atoms with E-state index in [2.05, 4.69) is 4.72 Å². The molecule has 19 heavy (non-hydrogen) atoms. The molecule has 1 atom stereocenters. The Balaban J connectivity index is 3.05. The number of anilines is 1. The largest absolute Gasteiger partial charge is 0.478 e. The van der Waals surface area contributed by atoms with Crippen LogP contribution in [0.25, 0.3) is 0 Å². The summed E-state index contributed by atoms with van der Waals surface area (Å²) in [5.41, 5.74) is 0.796. The van der Waals surface area contributed by atoms with Crippen LogP contribution in [-0.2, 0) is 10.0 Å². The minimum Gasteiger partial charge on any atom is -0.478 e. The van der Waals surface area contributed by atoms with Gasteiger partial charge in [0.25, 0.3) is 0 Å². The highest BCUT2D eigenvalue weighted by Gasteiger charge is 2.23. The number of hydrogen-bond acceptors (Lipinski definition) is 4. The zero-order valence-corrected chi connectivity index (χ0v) is 11.4. The zero-order chi connectivity index (χ0) is 14.6. The molecule has 0 heterocycles. The predicted octanol–water partition coefficient (Wildman–Crippen LogP) is 1.74. The summed E-state index contributed by atoms with van der Waals surface area (Å²) in [5, 5.41) is 16.5. The highest BCUT2D eigenvalue weighted by molar-refractivity contribution is 7.93. The lowest BCUT2D eigenvalue weighted by molar-refractivity contribution is 0.0696. The van der Waals surface area contributed by atoms with Crippen molar-refractivity contribution in [3.05, 3.63) is 29.3 Å². The van der Waals surface area contributed by atoms with Crippen molar-refractivity contribution in [1.29, 1.82) is 5.26 Å². The van der Waals surface area contributed by atoms with E-state index in [1.807, 2.05) is 0 Å². The molecule has 0 aliphatic heterocycles. The van der Waals surface area contributed by atoms with Crippen LogP contribution in [0.1, 0.15) is 29.3 Å². The van der Waals surface area contributed by atoms with Gasteiger partial charge in [0.05, 0.1) is 11.6 Å². The number of carboxylic acid groups (broad SMARTS) is 1. The Morgan fingerprint density at radius 2 is 2.16 bits per heavy atom. The first kappa shape index (κ1) is 15.0. The van der Waals surface area contributed by atoms with Crippen LogP contribution in [0, 0.1) is 18.3 Å². The zero-order valence-electron chi connectivity index (χ0n) is 10.5. The van der Waals surface area contributed by atoms with Gasteiger partial charge < -0.3 is 5.11 Å². The van der Waals surface area contributed by atoms with Crippen LogP contribution >= 0.6 is 0 Å². The average molecular weight is 282 g/mol. The van der Waals surface area contributed by atoms with Crippen molar-refractivity contribution in [3.63, 3.8) is 0 Å². The molecule has 0 aromatic heterocycles. The summed E-state index contributed by atoms with van der Waals surface area (Å²) in [6, 6.07) is 5.82. The lowest BCUT2D eigenvalue weighted by Gasteiger charge is -2.12. The fourth-order valence-corrected chi connectivity index (χ4v) is 2.76. The second-order valence-corrected chi connectivity index (χ2v) is 5.87. The van der Waals surface area contributed by atoms with Crippen LogP contribution in [-0.4, -0.2) is 24.7 Å². The first-order chi connectivity index (χ1) is 8.81. The Morgan fingerprint density at radius 1 is 1.53 bits per heavy atom. The minimum atomic E-state index is -3.78. The molecule has 1 aromatic rings. The molecule has 1 rings (SSSR count). The van der Waals surface area contributed by atoms with Gasteiger partial charge in [0.2, 0.25) is 10.0 Å². The number of benzene rings is 1. The lowest BCUT2D eigenvalue weighted by atomic mass is 10.1. The van der Waals surface area contributed by atoms with E-state index in [1.54, 1.807) is 19.9 Å². The fourth-order valence-electron chi connectivity index (χ4n) is 1.58. The number of nitrogens with zero attached hydrogens (tertiary/aromatic N) is 1. The molecular formula is C12H14N2O4S. The molecule has 7 heteroatoms. The van der Waals surface area contributed by atoms with Crippen LogP contribution in [0.2, 0.25) is 0 Å². The Hall–Kier alpha value is -2.07. The topological polar surface area (TPSA) is 107 Å². The summed E-state index contributed by atoms with van der Waals surface area (Å²) < 4.78 is 26.0. The van der Waals surface area contributed by atoms with Crippen LogP contribution in [0.3, 0.4) is 0 Å². The first-order valence-corrected chi connectivity index (χ1v) is 7.11. The molecule has 6 nitrogen and oxygen atoms in total. The quantitative estimate of drug-likeness (QED) is 0.855. The van der Waals surface area contributed by atoms with Crippen molar-refractivity contribution in [3.8, 4) is 6.07 Å². The molecule has 0 aliphatic rings. The maximum absolute atomic E-state index is 11.8. The first-order valence-electron chi connectivity index (χ1n) is 5.57. The molecular weight excluding hydrogens is 268 g/mol. The molecule has 0 bridgehead atoms. The van der Waals surface area contributed by atoms with Gasteiger partial charge in [-0.05, 0) is 37.1 Å². The molecule has 0 saturated carbocycles.